The van der Waals surface area contributed by atoms with Crippen molar-refractivity contribution in [3.8, 4) is 6.07 Å². The first-order chi connectivity index (χ1) is 14.5. The summed E-state index contributed by atoms with van der Waals surface area (Å²) in [5.41, 5.74) is 1.88. The molecular weight excluding hydrogens is 384 g/mol. The SMILES string of the molecule is COC(=O)CC1C(=O)C=CN(C(=O)OCc2ccccc2)C1c1ccc(C#N)cc1. The van der Waals surface area contributed by atoms with Crippen LogP contribution in [0.15, 0.2) is 66.9 Å². The van der Waals surface area contributed by atoms with Gasteiger partial charge < -0.3 is 9.47 Å². The number of ether oxygens (including phenoxy) is 2. The molecule has 0 aliphatic carbocycles. The van der Waals surface area contributed by atoms with E-state index in [2.05, 4.69) is 0 Å². The van der Waals surface area contributed by atoms with Crippen LogP contribution in [0.1, 0.15) is 29.2 Å². The second-order valence-electron chi connectivity index (χ2n) is 6.73. The smallest absolute Gasteiger partial charge is 0.414 e. The molecule has 0 saturated carbocycles. The number of allylic oxidation sites excluding steroid dienone is 1. The third-order valence-electron chi connectivity index (χ3n) is 4.86. The van der Waals surface area contributed by atoms with Crippen molar-refractivity contribution in [1.82, 2.24) is 4.90 Å². The molecule has 0 radical (unpaired) electrons. The first-order valence-electron chi connectivity index (χ1n) is 9.31. The Hall–Kier alpha value is -3.92. The highest BCUT2D eigenvalue weighted by atomic mass is 16.6. The van der Waals surface area contributed by atoms with E-state index >= 15 is 0 Å². The van der Waals surface area contributed by atoms with Crippen molar-refractivity contribution in [1.29, 1.82) is 5.26 Å². The zero-order valence-electron chi connectivity index (χ0n) is 16.4. The van der Waals surface area contributed by atoms with Crippen LogP contribution in [0.5, 0.6) is 0 Å². The molecule has 2 aromatic carbocycles. The Kier molecular flexibility index (Phi) is 6.60. The molecule has 152 valence electrons. The lowest BCUT2D eigenvalue weighted by Crippen LogP contribution is -2.41. The maximum atomic E-state index is 12.9. The van der Waals surface area contributed by atoms with Gasteiger partial charge >= 0.3 is 12.1 Å². The molecule has 7 heteroatoms. The van der Waals surface area contributed by atoms with E-state index in [1.54, 1.807) is 24.3 Å². The number of carbonyl (C=O) groups excluding carboxylic acids is 3. The van der Waals surface area contributed by atoms with Gasteiger partial charge in [-0.05, 0) is 29.3 Å². The largest absolute Gasteiger partial charge is 0.469 e. The standard InChI is InChI=1S/C23H20N2O5/c1-29-21(27)13-19-20(26)11-12-25(22(19)18-9-7-16(14-24)8-10-18)23(28)30-15-17-5-3-2-4-6-17/h2-12,19,22H,13,15H2,1H3. The summed E-state index contributed by atoms with van der Waals surface area (Å²) in [6.45, 7) is 0.0692. The second-order valence-corrected chi connectivity index (χ2v) is 6.73. The number of nitriles is 1. The van der Waals surface area contributed by atoms with Gasteiger partial charge in [0.2, 0.25) is 0 Å². The van der Waals surface area contributed by atoms with Crippen LogP contribution >= 0.6 is 0 Å². The highest BCUT2D eigenvalue weighted by Crippen LogP contribution is 2.36. The minimum absolute atomic E-state index is 0.0692. The average molecular weight is 404 g/mol. The Balaban J connectivity index is 1.90. The van der Waals surface area contributed by atoms with Crippen LogP contribution < -0.4 is 0 Å². The number of hydrogen-bond acceptors (Lipinski definition) is 6. The summed E-state index contributed by atoms with van der Waals surface area (Å²) in [4.78, 5) is 38.7. The quantitative estimate of drug-likeness (QED) is 0.708. The van der Waals surface area contributed by atoms with Gasteiger partial charge in [-0.1, -0.05) is 42.5 Å². The number of methoxy groups -OCH3 is 1. The molecule has 3 rings (SSSR count). The molecule has 2 aromatic rings. The predicted molar refractivity (Wildman–Crippen MR) is 107 cm³/mol. The molecule has 0 spiro atoms. The fraction of sp³-hybridized carbons (Fsp3) is 0.217. The first-order valence-corrected chi connectivity index (χ1v) is 9.31. The van der Waals surface area contributed by atoms with E-state index in [-0.39, 0.29) is 18.8 Å². The zero-order chi connectivity index (χ0) is 21.5. The molecular formula is C23H20N2O5. The number of rotatable bonds is 5. The molecule has 0 saturated heterocycles. The van der Waals surface area contributed by atoms with E-state index in [9.17, 15) is 14.4 Å². The Bertz CT molecular complexity index is 993. The molecule has 7 nitrogen and oxygen atoms in total. The van der Waals surface area contributed by atoms with Gasteiger partial charge in [0.05, 0.1) is 37.1 Å². The van der Waals surface area contributed by atoms with E-state index < -0.39 is 24.0 Å². The summed E-state index contributed by atoms with van der Waals surface area (Å²) < 4.78 is 10.2. The van der Waals surface area contributed by atoms with Crippen LogP contribution in [0, 0.1) is 17.2 Å². The molecule has 0 N–H and O–H groups in total. The predicted octanol–water partition coefficient (Wildman–Crippen LogP) is 3.51. The van der Waals surface area contributed by atoms with Crippen molar-refractivity contribution >= 4 is 17.8 Å². The maximum Gasteiger partial charge on any atom is 0.414 e. The van der Waals surface area contributed by atoms with Crippen molar-refractivity contribution in [2.45, 2.75) is 19.1 Å². The molecule has 1 heterocycles. The summed E-state index contributed by atoms with van der Waals surface area (Å²) in [5.74, 6) is -1.68. The minimum atomic E-state index is -0.834. The van der Waals surface area contributed by atoms with Gasteiger partial charge in [-0.25, -0.2) is 4.79 Å². The van der Waals surface area contributed by atoms with Crippen LogP contribution in [0.3, 0.4) is 0 Å². The lowest BCUT2D eigenvalue weighted by Gasteiger charge is -2.36. The number of esters is 1. The average Bonchev–Trinajstić information content (AvgIpc) is 2.79. The van der Waals surface area contributed by atoms with Crippen LogP contribution in [0.2, 0.25) is 0 Å². The summed E-state index contributed by atoms with van der Waals surface area (Å²) in [6.07, 6.45) is 1.79. The second kappa shape index (κ2) is 9.52. The molecule has 1 amide bonds. The van der Waals surface area contributed by atoms with E-state index in [4.69, 9.17) is 14.7 Å². The lowest BCUT2D eigenvalue weighted by atomic mass is 9.83. The summed E-state index contributed by atoms with van der Waals surface area (Å²) >= 11 is 0. The first kappa shape index (κ1) is 20.8. The molecule has 0 fully saturated rings. The summed E-state index contributed by atoms with van der Waals surface area (Å²) in [6, 6.07) is 17.0. The van der Waals surface area contributed by atoms with E-state index in [1.165, 1.54) is 24.3 Å². The zero-order valence-corrected chi connectivity index (χ0v) is 16.4. The molecule has 2 atom stereocenters. The van der Waals surface area contributed by atoms with E-state index in [0.717, 1.165) is 5.56 Å². The summed E-state index contributed by atoms with van der Waals surface area (Å²) in [5, 5.41) is 9.04. The monoisotopic (exact) mass is 404 g/mol. The van der Waals surface area contributed by atoms with Gasteiger partial charge in [-0.3, -0.25) is 14.5 Å². The van der Waals surface area contributed by atoms with Gasteiger partial charge in [0.1, 0.15) is 6.61 Å². The number of hydrogen-bond donors (Lipinski definition) is 0. The van der Waals surface area contributed by atoms with Crippen molar-refractivity contribution in [3.05, 3.63) is 83.6 Å². The molecule has 30 heavy (non-hydrogen) atoms. The highest BCUT2D eigenvalue weighted by Gasteiger charge is 2.40. The number of carbonyl (C=O) groups is 3. The topological polar surface area (TPSA) is 96.7 Å². The molecule has 0 aromatic heterocycles. The van der Waals surface area contributed by atoms with E-state index in [0.29, 0.717) is 11.1 Å². The number of benzene rings is 2. The third kappa shape index (κ3) is 4.73. The molecule has 2 unspecified atom stereocenters. The van der Waals surface area contributed by atoms with E-state index in [1.807, 2.05) is 36.4 Å². The number of amides is 1. The number of ketones is 1. The fourth-order valence-electron chi connectivity index (χ4n) is 3.31. The van der Waals surface area contributed by atoms with Crippen LogP contribution in [0.25, 0.3) is 0 Å². The third-order valence-corrected chi connectivity index (χ3v) is 4.86. The number of nitrogens with zero attached hydrogens (tertiary/aromatic N) is 2. The Morgan fingerprint density at radius 2 is 1.80 bits per heavy atom. The van der Waals surface area contributed by atoms with Crippen LogP contribution in [-0.2, 0) is 25.7 Å². The Morgan fingerprint density at radius 1 is 1.10 bits per heavy atom. The van der Waals surface area contributed by atoms with Crippen LogP contribution in [0.4, 0.5) is 4.79 Å². The minimum Gasteiger partial charge on any atom is -0.469 e. The van der Waals surface area contributed by atoms with Gasteiger partial charge in [0.15, 0.2) is 5.78 Å². The van der Waals surface area contributed by atoms with Crippen molar-refractivity contribution < 1.29 is 23.9 Å². The van der Waals surface area contributed by atoms with Gasteiger partial charge in [-0.2, -0.15) is 5.26 Å². The fourth-order valence-corrected chi connectivity index (χ4v) is 3.31. The molecule has 1 aliphatic heterocycles. The maximum absolute atomic E-state index is 12.9. The van der Waals surface area contributed by atoms with Gasteiger partial charge in [0, 0.05) is 6.20 Å². The molecule has 0 bridgehead atoms. The van der Waals surface area contributed by atoms with Crippen molar-refractivity contribution in [2.75, 3.05) is 7.11 Å². The van der Waals surface area contributed by atoms with Gasteiger partial charge in [0.25, 0.3) is 0 Å². The van der Waals surface area contributed by atoms with Crippen molar-refractivity contribution in [2.24, 2.45) is 5.92 Å². The summed E-state index contributed by atoms with van der Waals surface area (Å²) in [7, 11) is 1.24. The molecule has 1 aliphatic rings. The Labute approximate surface area is 174 Å². The Morgan fingerprint density at radius 3 is 2.43 bits per heavy atom. The van der Waals surface area contributed by atoms with Crippen LogP contribution in [-0.4, -0.2) is 29.9 Å². The highest BCUT2D eigenvalue weighted by molar-refractivity contribution is 5.96. The van der Waals surface area contributed by atoms with Crippen molar-refractivity contribution in [3.63, 3.8) is 0 Å². The lowest BCUT2D eigenvalue weighted by molar-refractivity contribution is -0.144. The normalized spacial score (nSPS) is 17.9. The van der Waals surface area contributed by atoms with Gasteiger partial charge in [-0.15, -0.1) is 0 Å².